The predicted molar refractivity (Wildman–Crippen MR) is 89.0 cm³/mol. The van der Waals surface area contributed by atoms with Crippen LogP contribution in [0.15, 0.2) is 54.1 Å². The smallest absolute Gasteiger partial charge is 0.191 e. The molecule has 23 heavy (non-hydrogen) atoms. The van der Waals surface area contributed by atoms with Gasteiger partial charge in [-0.25, -0.2) is 9.37 Å². The maximum absolute atomic E-state index is 14.2. The fraction of sp³-hybridized carbons (Fsp3) is 0.294. The Hall–Kier alpha value is -2.63. The van der Waals surface area contributed by atoms with Crippen molar-refractivity contribution in [2.75, 3.05) is 7.05 Å². The lowest BCUT2D eigenvalue weighted by Crippen LogP contribution is -2.42. The van der Waals surface area contributed by atoms with Crippen molar-refractivity contribution in [3.8, 4) is 5.69 Å². The zero-order chi connectivity index (χ0) is 16.1. The summed E-state index contributed by atoms with van der Waals surface area (Å²) in [5.74, 6) is 0.461. The molecule has 1 heterocycles. The van der Waals surface area contributed by atoms with Crippen molar-refractivity contribution in [3.63, 3.8) is 0 Å². The number of rotatable bonds is 4. The van der Waals surface area contributed by atoms with Crippen molar-refractivity contribution in [2.45, 2.75) is 25.4 Å². The van der Waals surface area contributed by atoms with Gasteiger partial charge in [-0.05, 0) is 30.5 Å². The Bertz CT molecular complexity index is 698. The number of imidazole rings is 1. The summed E-state index contributed by atoms with van der Waals surface area (Å²) in [5, 5.41) is 6.57. The molecule has 0 bridgehead atoms. The van der Waals surface area contributed by atoms with Crippen LogP contribution in [0.4, 0.5) is 4.39 Å². The number of guanidine groups is 1. The SMILES string of the molecule is CN=C(NCc1ccc(-n2ccnc2)c(F)c1)NC1CC=CC1. The number of aliphatic imine (C=N–C) groups is 1. The normalized spacial score (nSPS) is 15.1. The van der Waals surface area contributed by atoms with Crippen molar-refractivity contribution in [1.82, 2.24) is 20.2 Å². The van der Waals surface area contributed by atoms with Gasteiger partial charge < -0.3 is 15.2 Å². The summed E-state index contributed by atoms with van der Waals surface area (Å²) < 4.78 is 15.9. The van der Waals surface area contributed by atoms with E-state index in [9.17, 15) is 4.39 Å². The van der Waals surface area contributed by atoms with Crippen LogP contribution >= 0.6 is 0 Å². The first-order chi connectivity index (χ1) is 11.3. The van der Waals surface area contributed by atoms with Gasteiger partial charge in [0, 0.05) is 32.0 Å². The van der Waals surface area contributed by atoms with Gasteiger partial charge in [-0.3, -0.25) is 4.99 Å². The molecule has 2 N–H and O–H groups in total. The largest absolute Gasteiger partial charge is 0.353 e. The first-order valence-corrected chi connectivity index (χ1v) is 7.65. The summed E-state index contributed by atoms with van der Waals surface area (Å²) in [7, 11) is 1.74. The summed E-state index contributed by atoms with van der Waals surface area (Å²) in [6.45, 7) is 0.515. The molecule has 0 unspecified atom stereocenters. The average Bonchev–Trinajstić information content (AvgIpc) is 3.25. The van der Waals surface area contributed by atoms with Crippen LogP contribution in [0.5, 0.6) is 0 Å². The highest BCUT2D eigenvalue weighted by atomic mass is 19.1. The third-order valence-corrected chi connectivity index (χ3v) is 3.83. The first-order valence-electron chi connectivity index (χ1n) is 7.65. The van der Waals surface area contributed by atoms with E-state index in [0.29, 0.717) is 18.3 Å². The lowest BCUT2D eigenvalue weighted by atomic mass is 10.2. The van der Waals surface area contributed by atoms with E-state index in [-0.39, 0.29) is 5.82 Å². The minimum atomic E-state index is -0.273. The van der Waals surface area contributed by atoms with E-state index in [2.05, 4.69) is 32.8 Å². The summed E-state index contributed by atoms with van der Waals surface area (Å²) in [6, 6.07) is 5.58. The highest BCUT2D eigenvalue weighted by Crippen LogP contribution is 2.15. The molecule has 5 nitrogen and oxygen atoms in total. The first kappa shape index (κ1) is 15.3. The van der Waals surface area contributed by atoms with Gasteiger partial charge in [0.25, 0.3) is 0 Å². The topological polar surface area (TPSA) is 54.2 Å². The van der Waals surface area contributed by atoms with Gasteiger partial charge in [-0.15, -0.1) is 0 Å². The molecule has 0 atom stereocenters. The lowest BCUT2D eigenvalue weighted by Gasteiger charge is -2.17. The number of halogens is 1. The van der Waals surface area contributed by atoms with E-state index in [1.807, 2.05) is 6.07 Å². The molecule has 0 aliphatic heterocycles. The fourth-order valence-electron chi connectivity index (χ4n) is 2.58. The molecule has 1 aromatic carbocycles. The standard InChI is InChI=1S/C17H20FN5/c1-19-17(22-14-4-2-3-5-14)21-11-13-6-7-16(15(18)10-13)23-9-8-20-12-23/h2-3,6-10,12,14H,4-5,11H2,1H3,(H2,19,21,22). The van der Waals surface area contributed by atoms with Gasteiger partial charge in [0.1, 0.15) is 5.82 Å². The van der Waals surface area contributed by atoms with Crippen molar-refractivity contribution >= 4 is 5.96 Å². The molecule has 0 saturated carbocycles. The van der Waals surface area contributed by atoms with E-state index in [0.717, 1.165) is 24.4 Å². The van der Waals surface area contributed by atoms with E-state index in [1.54, 1.807) is 36.4 Å². The minimum absolute atomic E-state index is 0.273. The molecule has 0 fully saturated rings. The van der Waals surface area contributed by atoms with Crippen LogP contribution in [-0.4, -0.2) is 28.6 Å². The molecule has 120 valence electrons. The van der Waals surface area contributed by atoms with Gasteiger partial charge in [0.2, 0.25) is 0 Å². The third kappa shape index (κ3) is 3.77. The van der Waals surface area contributed by atoms with Gasteiger partial charge in [0.05, 0.1) is 12.0 Å². The molecular formula is C17H20FN5. The van der Waals surface area contributed by atoms with E-state index in [4.69, 9.17) is 0 Å². The number of hydrogen-bond donors (Lipinski definition) is 2. The Morgan fingerprint density at radius 3 is 2.87 bits per heavy atom. The summed E-state index contributed by atoms with van der Waals surface area (Å²) in [5.41, 5.74) is 1.35. The van der Waals surface area contributed by atoms with E-state index in [1.165, 1.54) is 6.07 Å². The van der Waals surface area contributed by atoms with Crippen molar-refractivity contribution in [1.29, 1.82) is 0 Å². The van der Waals surface area contributed by atoms with Gasteiger partial charge >= 0.3 is 0 Å². The molecule has 0 saturated heterocycles. The van der Waals surface area contributed by atoms with Gasteiger partial charge in [-0.2, -0.15) is 0 Å². The van der Waals surface area contributed by atoms with Crippen LogP contribution in [0.1, 0.15) is 18.4 Å². The Morgan fingerprint density at radius 1 is 1.39 bits per heavy atom. The summed E-state index contributed by atoms with van der Waals surface area (Å²) >= 11 is 0. The predicted octanol–water partition coefficient (Wildman–Crippen LogP) is 2.40. The zero-order valence-electron chi connectivity index (χ0n) is 13.0. The second-order valence-electron chi connectivity index (χ2n) is 5.47. The fourth-order valence-corrected chi connectivity index (χ4v) is 2.58. The molecule has 3 rings (SSSR count). The molecule has 0 radical (unpaired) electrons. The highest BCUT2D eigenvalue weighted by Gasteiger charge is 2.12. The highest BCUT2D eigenvalue weighted by molar-refractivity contribution is 5.80. The Labute approximate surface area is 135 Å². The van der Waals surface area contributed by atoms with E-state index < -0.39 is 0 Å². The molecule has 0 spiro atoms. The van der Waals surface area contributed by atoms with Crippen LogP contribution < -0.4 is 10.6 Å². The second-order valence-corrected chi connectivity index (χ2v) is 5.47. The van der Waals surface area contributed by atoms with Crippen LogP contribution in [0.2, 0.25) is 0 Å². The number of nitrogens with zero attached hydrogens (tertiary/aromatic N) is 3. The second kappa shape index (κ2) is 7.09. The Morgan fingerprint density at radius 2 is 2.22 bits per heavy atom. The average molecular weight is 313 g/mol. The molecular weight excluding hydrogens is 293 g/mol. The third-order valence-electron chi connectivity index (χ3n) is 3.83. The number of nitrogens with one attached hydrogen (secondary N) is 2. The maximum Gasteiger partial charge on any atom is 0.191 e. The zero-order valence-corrected chi connectivity index (χ0v) is 13.0. The summed E-state index contributed by atoms with van der Waals surface area (Å²) in [6.07, 6.45) is 11.3. The Kier molecular flexibility index (Phi) is 4.71. The number of benzene rings is 1. The molecule has 6 heteroatoms. The van der Waals surface area contributed by atoms with Crippen LogP contribution in [-0.2, 0) is 6.54 Å². The van der Waals surface area contributed by atoms with Crippen LogP contribution in [0.3, 0.4) is 0 Å². The van der Waals surface area contributed by atoms with Crippen molar-refractivity contribution < 1.29 is 4.39 Å². The van der Waals surface area contributed by atoms with Crippen LogP contribution in [0, 0.1) is 5.82 Å². The molecule has 0 amide bonds. The number of aromatic nitrogens is 2. The van der Waals surface area contributed by atoms with Crippen molar-refractivity contribution in [2.24, 2.45) is 4.99 Å². The monoisotopic (exact) mass is 313 g/mol. The number of hydrogen-bond acceptors (Lipinski definition) is 2. The molecule has 1 aliphatic carbocycles. The molecule has 1 aromatic heterocycles. The van der Waals surface area contributed by atoms with E-state index >= 15 is 0 Å². The molecule has 2 aromatic rings. The van der Waals surface area contributed by atoms with Gasteiger partial charge in [-0.1, -0.05) is 18.2 Å². The van der Waals surface area contributed by atoms with Crippen molar-refractivity contribution in [3.05, 3.63) is 60.5 Å². The Balaban J connectivity index is 1.60. The quantitative estimate of drug-likeness (QED) is 0.518. The molecule has 1 aliphatic rings. The minimum Gasteiger partial charge on any atom is -0.353 e. The maximum atomic E-state index is 14.2. The lowest BCUT2D eigenvalue weighted by molar-refractivity contribution is 0.613. The van der Waals surface area contributed by atoms with Crippen LogP contribution in [0.25, 0.3) is 5.69 Å². The summed E-state index contributed by atoms with van der Waals surface area (Å²) in [4.78, 5) is 8.14. The van der Waals surface area contributed by atoms with Gasteiger partial charge in [0.15, 0.2) is 5.96 Å².